The first-order chi connectivity index (χ1) is 9.63. The third-order valence-electron chi connectivity index (χ3n) is 4.01. The summed E-state index contributed by atoms with van der Waals surface area (Å²) in [7, 11) is 0. The van der Waals surface area contributed by atoms with Crippen molar-refractivity contribution in [1.29, 1.82) is 0 Å². The Balaban J connectivity index is 1.62. The molecule has 0 unspecified atom stereocenters. The molecular formula is C17H29N3. The molecule has 3 nitrogen and oxygen atoms in total. The van der Waals surface area contributed by atoms with Crippen molar-refractivity contribution in [2.45, 2.75) is 26.7 Å². The van der Waals surface area contributed by atoms with Gasteiger partial charge >= 0.3 is 0 Å². The normalized spacial score (nSPS) is 17.8. The number of nitrogen functional groups attached to an aromatic ring is 1. The molecular weight excluding hydrogens is 246 g/mol. The number of nitrogens with zero attached hydrogens (tertiary/aromatic N) is 2. The van der Waals surface area contributed by atoms with E-state index >= 15 is 0 Å². The molecule has 0 saturated carbocycles. The second-order valence-corrected chi connectivity index (χ2v) is 6.38. The maximum absolute atomic E-state index is 5.71. The van der Waals surface area contributed by atoms with Gasteiger partial charge in [-0.2, -0.15) is 0 Å². The van der Waals surface area contributed by atoms with Gasteiger partial charge in [-0.3, -0.25) is 0 Å². The van der Waals surface area contributed by atoms with E-state index in [-0.39, 0.29) is 0 Å². The van der Waals surface area contributed by atoms with Crippen LogP contribution in [0.3, 0.4) is 0 Å². The van der Waals surface area contributed by atoms with Crippen molar-refractivity contribution >= 4 is 5.69 Å². The molecule has 20 heavy (non-hydrogen) atoms. The van der Waals surface area contributed by atoms with Crippen LogP contribution in [0.1, 0.15) is 25.8 Å². The van der Waals surface area contributed by atoms with Crippen LogP contribution in [-0.2, 0) is 6.42 Å². The number of benzene rings is 1. The van der Waals surface area contributed by atoms with E-state index in [1.807, 2.05) is 12.1 Å². The van der Waals surface area contributed by atoms with Gasteiger partial charge in [0.25, 0.3) is 0 Å². The Kier molecular flexibility index (Phi) is 5.86. The summed E-state index contributed by atoms with van der Waals surface area (Å²) in [6.07, 6.45) is 2.40. The molecule has 112 valence electrons. The maximum Gasteiger partial charge on any atom is 0.0314 e. The molecule has 0 bridgehead atoms. The summed E-state index contributed by atoms with van der Waals surface area (Å²) < 4.78 is 0. The fourth-order valence-corrected chi connectivity index (χ4v) is 2.90. The summed E-state index contributed by atoms with van der Waals surface area (Å²) in [5.41, 5.74) is 7.96. The van der Waals surface area contributed by atoms with Gasteiger partial charge in [-0.05, 0) is 43.0 Å². The smallest absolute Gasteiger partial charge is 0.0314 e. The lowest BCUT2D eigenvalue weighted by Gasteiger charge is -2.35. The minimum absolute atomic E-state index is 0.784. The van der Waals surface area contributed by atoms with Crippen LogP contribution < -0.4 is 5.73 Å². The standard InChI is InChI=1S/C17H29N3/c1-15(2)14-20-12-10-19(11-13-20)9-3-4-16-5-7-17(18)8-6-16/h5-8,15H,3-4,9-14,18H2,1-2H3. The van der Waals surface area contributed by atoms with Gasteiger partial charge in [-0.25, -0.2) is 0 Å². The van der Waals surface area contributed by atoms with Crippen LogP contribution in [0, 0.1) is 5.92 Å². The monoisotopic (exact) mass is 275 g/mol. The summed E-state index contributed by atoms with van der Waals surface area (Å²) >= 11 is 0. The molecule has 3 heteroatoms. The minimum atomic E-state index is 0.784. The summed E-state index contributed by atoms with van der Waals surface area (Å²) in [6.45, 7) is 12.0. The molecule has 0 aromatic heterocycles. The highest BCUT2D eigenvalue weighted by Gasteiger charge is 2.16. The molecule has 1 aliphatic heterocycles. The second-order valence-electron chi connectivity index (χ2n) is 6.38. The Hall–Kier alpha value is -1.06. The van der Waals surface area contributed by atoms with Crippen LogP contribution in [0.2, 0.25) is 0 Å². The number of aryl methyl sites for hydroxylation is 1. The third-order valence-corrected chi connectivity index (χ3v) is 4.01. The molecule has 0 amide bonds. The van der Waals surface area contributed by atoms with Crippen molar-refractivity contribution in [2.75, 3.05) is 45.0 Å². The van der Waals surface area contributed by atoms with E-state index < -0.39 is 0 Å². The zero-order valence-corrected chi connectivity index (χ0v) is 13.0. The maximum atomic E-state index is 5.71. The molecule has 1 heterocycles. The predicted octanol–water partition coefficient (Wildman–Crippen LogP) is 2.48. The van der Waals surface area contributed by atoms with Crippen molar-refractivity contribution in [3.05, 3.63) is 29.8 Å². The Morgan fingerprint density at radius 3 is 2.20 bits per heavy atom. The van der Waals surface area contributed by atoms with Crippen LogP contribution in [0.4, 0.5) is 5.69 Å². The first-order valence-corrected chi connectivity index (χ1v) is 7.92. The summed E-state index contributed by atoms with van der Waals surface area (Å²) in [6, 6.07) is 8.30. The fourth-order valence-electron chi connectivity index (χ4n) is 2.90. The number of hydrogen-bond donors (Lipinski definition) is 1. The quantitative estimate of drug-likeness (QED) is 0.810. The third kappa shape index (κ3) is 5.14. The van der Waals surface area contributed by atoms with Gasteiger partial charge in [0, 0.05) is 38.4 Å². The molecule has 0 atom stereocenters. The predicted molar refractivity (Wildman–Crippen MR) is 86.9 cm³/mol. The molecule has 1 aliphatic rings. The van der Waals surface area contributed by atoms with E-state index in [2.05, 4.69) is 35.8 Å². The zero-order chi connectivity index (χ0) is 14.4. The lowest BCUT2D eigenvalue weighted by Crippen LogP contribution is -2.47. The van der Waals surface area contributed by atoms with Crippen LogP contribution in [-0.4, -0.2) is 49.1 Å². The molecule has 2 rings (SSSR count). The van der Waals surface area contributed by atoms with Crippen LogP contribution in [0.15, 0.2) is 24.3 Å². The highest BCUT2D eigenvalue weighted by Crippen LogP contribution is 2.10. The van der Waals surface area contributed by atoms with Crippen LogP contribution >= 0.6 is 0 Å². The average molecular weight is 275 g/mol. The SMILES string of the molecule is CC(C)CN1CCN(CCCc2ccc(N)cc2)CC1. The van der Waals surface area contributed by atoms with Crippen molar-refractivity contribution in [3.63, 3.8) is 0 Å². The molecule has 1 aromatic carbocycles. The van der Waals surface area contributed by atoms with E-state index in [4.69, 9.17) is 5.73 Å². The lowest BCUT2D eigenvalue weighted by molar-refractivity contribution is 0.121. The van der Waals surface area contributed by atoms with E-state index in [0.717, 1.165) is 18.0 Å². The number of anilines is 1. The van der Waals surface area contributed by atoms with Gasteiger partial charge in [0.05, 0.1) is 0 Å². The zero-order valence-electron chi connectivity index (χ0n) is 13.0. The van der Waals surface area contributed by atoms with Crippen molar-refractivity contribution < 1.29 is 0 Å². The lowest BCUT2D eigenvalue weighted by atomic mass is 10.1. The number of nitrogens with two attached hydrogens (primary N) is 1. The topological polar surface area (TPSA) is 32.5 Å². The first kappa shape index (κ1) is 15.3. The van der Waals surface area contributed by atoms with Crippen molar-refractivity contribution in [2.24, 2.45) is 5.92 Å². The molecule has 2 N–H and O–H groups in total. The average Bonchev–Trinajstić information content (AvgIpc) is 2.42. The highest BCUT2D eigenvalue weighted by atomic mass is 15.3. The van der Waals surface area contributed by atoms with Crippen molar-refractivity contribution in [3.8, 4) is 0 Å². The number of piperazine rings is 1. The Labute approximate surface area is 123 Å². The van der Waals surface area contributed by atoms with Gasteiger partial charge in [0.15, 0.2) is 0 Å². The van der Waals surface area contributed by atoms with Crippen LogP contribution in [0.5, 0.6) is 0 Å². The molecule has 0 spiro atoms. The Morgan fingerprint density at radius 2 is 1.60 bits per heavy atom. The van der Waals surface area contributed by atoms with E-state index in [9.17, 15) is 0 Å². The van der Waals surface area contributed by atoms with Crippen LogP contribution in [0.25, 0.3) is 0 Å². The highest BCUT2D eigenvalue weighted by molar-refractivity contribution is 5.39. The van der Waals surface area contributed by atoms with Gasteiger partial charge in [-0.15, -0.1) is 0 Å². The second kappa shape index (κ2) is 7.65. The summed E-state index contributed by atoms with van der Waals surface area (Å²) in [5, 5.41) is 0. The minimum Gasteiger partial charge on any atom is -0.399 e. The molecule has 1 fully saturated rings. The van der Waals surface area contributed by atoms with Gasteiger partial charge in [-0.1, -0.05) is 26.0 Å². The van der Waals surface area contributed by atoms with Crippen molar-refractivity contribution in [1.82, 2.24) is 9.80 Å². The summed E-state index contributed by atoms with van der Waals surface area (Å²) in [5.74, 6) is 0.784. The first-order valence-electron chi connectivity index (χ1n) is 7.92. The summed E-state index contributed by atoms with van der Waals surface area (Å²) in [4.78, 5) is 5.20. The molecule has 1 saturated heterocycles. The molecule has 0 radical (unpaired) electrons. The fraction of sp³-hybridized carbons (Fsp3) is 0.647. The number of hydrogen-bond acceptors (Lipinski definition) is 3. The Bertz CT molecular complexity index is 378. The van der Waals surface area contributed by atoms with Gasteiger partial charge in [0.1, 0.15) is 0 Å². The number of rotatable bonds is 6. The van der Waals surface area contributed by atoms with E-state index in [0.29, 0.717) is 0 Å². The van der Waals surface area contributed by atoms with Gasteiger partial charge in [0.2, 0.25) is 0 Å². The molecule has 1 aromatic rings. The largest absolute Gasteiger partial charge is 0.399 e. The Morgan fingerprint density at radius 1 is 1.00 bits per heavy atom. The molecule has 0 aliphatic carbocycles. The van der Waals surface area contributed by atoms with E-state index in [1.54, 1.807) is 0 Å². The van der Waals surface area contributed by atoms with Gasteiger partial charge < -0.3 is 15.5 Å². The van der Waals surface area contributed by atoms with E-state index in [1.165, 1.54) is 51.3 Å².